The van der Waals surface area contributed by atoms with E-state index in [0.29, 0.717) is 17.9 Å². The normalized spacial score (nSPS) is 20.7. The van der Waals surface area contributed by atoms with Gasteiger partial charge in [-0.05, 0) is 83.4 Å². The van der Waals surface area contributed by atoms with Gasteiger partial charge in [-0.1, -0.05) is 66.9 Å². The van der Waals surface area contributed by atoms with Crippen molar-refractivity contribution in [1.82, 2.24) is 5.32 Å². The van der Waals surface area contributed by atoms with Crippen LogP contribution >= 0.6 is 0 Å². The number of benzene rings is 2. The summed E-state index contributed by atoms with van der Waals surface area (Å²) in [7, 11) is 0. The Morgan fingerprint density at radius 2 is 1.31 bits per heavy atom. The van der Waals surface area contributed by atoms with Crippen LogP contribution in [-0.2, 0) is 5.41 Å². The zero-order valence-corrected chi connectivity index (χ0v) is 20.4. The average Bonchev–Trinajstić information content (AvgIpc) is 2.65. The van der Waals surface area contributed by atoms with Crippen molar-refractivity contribution in [2.75, 3.05) is 0 Å². The monoisotopic (exact) mass is 445 g/mol. The van der Waals surface area contributed by atoms with Crippen molar-refractivity contribution in [2.24, 2.45) is 5.92 Å². The van der Waals surface area contributed by atoms with E-state index < -0.39 is 11.6 Å². The Balaban J connectivity index is 1.73. The smallest absolute Gasteiger partial charge is 0.307 e. The highest BCUT2D eigenvalue weighted by atomic mass is 19.4. The number of hydrogen-bond acceptors (Lipinski definition) is 1. The van der Waals surface area contributed by atoms with Gasteiger partial charge in [0.05, 0.1) is 5.41 Å². The third kappa shape index (κ3) is 5.75. The molecule has 1 N–H and O–H groups in total. The molecule has 1 unspecified atom stereocenters. The Hall–Kier alpha value is -1.81. The lowest BCUT2D eigenvalue weighted by molar-refractivity contribution is -0.188. The molecule has 0 aromatic heterocycles. The minimum Gasteiger partial charge on any atom is -0.307 e. The maximum absolute atomic E-state index is 14.3. The zero-order chi connectivity index (χ0) is 23.8. The molecule has 1 atom stereocenters. The van der Waals surface area contributed by atoms with Crippen molar-refractivity contribution < 1.29 is 13.2 Å². The number of nitrogens with one attached hydrogen (secondary N) is 1. The van der Waals surface area contributed by atoms with E-state index in [0.717, 1.165) is 36.0 Å². The summed E-state index contributed by atoms with van der Waals surface area (Å²) in [6.07, 6.45) is -0.751. The van der Waals surface area contributed by atoms with Crippen LogP contribution in [-0.4, -0.2) is 17.3 Å². The van der Waals surface area contributed by atoms with Crippen LogP contribution in [0.2, 0.25) is 0 Å². The number of halogens is 3. The maximum Gasteiger partial charge on any atom is 0.398 e. The molecule has 0 saturated carbocycles. The summed E-state index contributed by atoms with van der Waals surface area (Å²) < 4.78 is 42.8. The minimum absolute atomic E-state index is 0.0194. The van der Waals surface area contributed by atoms with Crippen LogP contribution in [0.5, 0.6) is 0 Å². The van der Waals surface area contributed by atoms with E-state index >= 15 is 0 Å². The second kappa shape index (κ2) is 8.85. The fourth-order valence-corrected chi connectivity index (χ4v) is 5.71. The average molecular weight is 446 g/mol. The molecule has 0 radical (unpaired) electrons. The summed E-state index contributed by atoms with van der Waals surface area (Å²) >= 11 is 0. The van der Waals surface area contributed by atoms with Gasteiger partial charge in [-0.3, -0.25) is 0 Å². The summed E-state index contributed by atoms with van der Waals surface area (Å²) in [5.74, 6) is 0.447. The largest absolute Gasteiger partial charge is 0.398 e. The van der Waals surface area contributed by atoms with E-state index in [1.165, 1.54) is 6.92 Å². The van der Waals surface area contributed by atoms with Gasteiger partial charge < -0.3 is 5.32 Å². The number of piperidine rings is 1. The molecular weight excluding hydrogens is 407 g/mol. The molecule has 1 aliphatic heterocycles. The second-order valence-electron chi connectivity index (χ2n) is 11.3. The van der Waals surface area contributed by atoms with Crippen LogP contribution < -0.4 is 5.32 Å². The van der Waals surface area contributed by atoms with Gasteiger partial charge in [-0.15, -0.1) is 0 Å². The molecule has 1 saturated heterocycles. The predicted octanol–water partition coefficient (Wildman–Crippen LogP) is 8.21. The standard InChI is InChI=1S/C28H38F3N/c1-20-9-11-22(12-10-20)23-13-15-24(16-14-23)27(6,28(29,30)31)17-7-8-21-18-25(2,3)32-26(4,5)19-21/h9-16,21,32H,7-8,17-19H2,1-6H3. The van der Waals surface area contributed by atoms with Gasteiger partial charge in [0.2, 0.25) is 0 Å². The molecule has 0 aliphatic carbocycles. The highest BCUT2D eigenvalue weighted by Crippen LogP contribution is 2.46. The molecule has 3 rings (SSSR count). The van der Waals surface area contributed by atoms with E-state index in [2.05, 4.69) is 33.0 Å². The first-order valence-corrected chi connectivity index (χ1v) is 11.7. The van der Waals surface area contributed by atoms with Crippen LogP contribution in [0, 0.1) is 12.8 Å². The molecule has 176 valence electrons. The molecule has 1 aliphatic rings. The summed E-state index contributed by atoms with van der Waals surface area (Å²) in [5, 5.41) is 3.66. The SMILES string of the molecule is Cc1ccc(-c2ccc(C(C)(CCCC3CC(C)(C)NC(C)(C)C3)C(F)(F)F)cc2)cc1. The summed E-state index contributed by atoms with van der Waals surface area (Å²) in [4.78, 5) is 0. The number of aryl methyl sites for hydroxylation is 1. The van der Waals surface area contributed by atoms with Crippen molar-refractivity contribution in [2.45, 2.75) is 96.3 Å². The van der Waals surface area contributed by atoms with Crippen LogP contribution in [0.4, 0.5) is 13.2 Å². The molecule has 1 nitrogen and oxygen atoms in total. The van der Waals surface area contributed by atoms with Crippen LogP contribution in [0.15, 0.2) is 48.5 Å². The fourth-order valence-electron chi connectivity index (χ4n) is 5.71. The third-order valence-electron chi connectivity index (χ3n) is 7.10. The van der Waals surface area contributed by atoms with Crippen LogP contribution in [0.25, 0.3) is 11.1 Å². The number of alkyl halides is 3. The second-order valence-corrected chi connectivity index (χ2v) is 11.3. The van der Waals surface area contributed by atoms with Crippen molar-refractivity contribution in [3.63, 3.8) is 0 Å². The molecule has 2 aromatic rings. The topological polar surface area (TPSA) is 12.0 Å². The van der Waals surface area contributed by atoms with Crippen molar-refractivity contribution in [3.05, 3.63) is 59.7 Å². The van der Waals surface area contributed by atoms with Gasteiger partial charge >= 0.3 is 6.18 Å². The predicted molar refractivity (Wildman–Crippen MR) is 128 cm³/mol. The van der Waals surface area contributed by atoms with Gasteiger partial charge in [0.15, 0.2) is 0 Å². The summed E-state index contributed by atoms with van der Waals surface area (Å²) in [5.41, 5.74) is 1.68. The Labute approximate surface area is 191 Å². The maximum atomic E-state index is 14.3. The van der Waals surface area contributed by atoms with Crippen molar-refractivity contribution >= 4 is 0 Å². The minimum atomic E-state index is -4.29. The lowest BCUT2D eigenvalue weighted by Gasteiger charge is -2.47. The number of hydrogen-bond donors (Lipinski definition) is 1. The summed E-state index contributed by atoms with van der Waals surface area (Å²) in [6, 6.07) is 15.0. The molecular formula is C28H38F3N. The molecule has 32 heavy (non-hydrogen) atoms. The lowest BCUT2D eigenvalue weighted by atomic mass is 9.72. The Morgan fingerprint density at radius 1 is 0.844 bits per heavy atom. The highest BCUT2D eigenvalue weighted by Gasteiger charge is 2.51. The first kappa shape index (κ1) is 24.8. The molecule has 0 spiro atoms. The molecule has 0 amide bonds. The summed E-state index contributed by atoms with van der Waals surface area (Å²) in [6.45, 7) is 12.1. The van der Waals surface area contributed by atoms with Gasteiger partial charge in [0.25, 0.3) is 0 Å². The molecule has 2 aromatic carbocycles. The van der Waals surface area contributed by atoms with Crippen molar-refractivity contribution in [1.29, 1.82) is 0 Å². The molecule has 1 fully saturated rings. The van der Waals surface area contributed by atoms with Crippen LogP contribution in [0.1, 0.15) is 77.8 Å². The number of rotatable bonds is 6. The van der Waals surface area contributed by atoms with Gasteiger partial charge in [0, 0.05) is 11.1 Å². The van der Waals surface area contributed by atoms with Gasteiger partial charge in [-0.25, -0.2) is 0 Å². The quantitative estimate of drug-likeness (QED) is 0.472. The van der Waals surface area contributed by atoms with E-state index in [1.807, 2.05) is 43.3 Å². The van der Waals surface area contributed by atoms with E-state index in [9.17, 15) is 13.2 Å². The Morgan fingerprint density at radius 3 is 1.78 bits per heavy atom. The third-order valence-corrected chi connectivity index (χ3v) is 7.10. The van der Waals surface area contributed by atoms with E-state index in [4.69, 9.17) is 0 Å². The molecule has 4 heteroatoms. The zero-order valence-electron chi connectivity index (χ0n) is 20.4. The van der Waals surface area contributed by atoms with Crippen molar-refractivity contribution in [3.8, 4) is 11.1 Å². The lowest BCUT2D eigenvalue weighted by Crippen LogP contribution is -2.57. The van der Waals surface area contributed by atoms with E-state index in [-0.39, 0.29) is 17.5 Å². The van der Waals surface area contributed by atoms with Crippen LogP contribution in [0.3, 0.4) is 0 Å². The van der Waals surface area contributed by atoms with Gasteiger partial charge in [0.1, 0.15) is 0 Å². The van der Waals surface area contributed by atoms with Gasteiger partial charge in [-0.2, -0.15) is 13.2 Å². The Bertz CT molecular complexity index is 878. The molecule has 1 heterocycles. The fraction of sp³-hybridized carbons (Fsp3) is 0.571. The first-order valence-electron chi connectivity index (χ1n) is 11.7. The van der Waals surface area contributed by atoms with E-state index in [1.54, 1.807) is 12.1 Å². The first-order chi connectivity index (χ1) is 14.7. The Kier molecular flexibility index (Phi) is 6.87. The molecule has 0 bridgehead atoms. The highest BCUT2D eigenvalue weighted by molar-refractivity contribution is 5.64.